The number of carbonyl (C=O) groups excluding carboxylic acids is 1. The molecule has 0 saturated heterocycles. The lowest BCUT2D eigenvalue weighted by atomic mass is 9.90. The van der Waals surface area contributed by atoms with E-state index in [1.165, 1.54) is 0 Å². The van der Waals surface area contributed by atoms with Crippen LogP contribution in [0.4, 0.5) is 0 Å². The number of ether oxygens (including phenoxy) is 2. The number of hydrogen-bond donors (Lipinski definition) is 0. The Morgan fingerprint density at radius 1 is 1.17 bits per heavy atom. The number of carbonyl (C=O) groups is 1. The van der Waals surface area contributed by atoms with Crippen molar-refractivity contribution in [3.05, 3.63) is 29.8 Å². The molecule has 1 aromatic rings. The Bertz CT molecular complexity index is 453. The van der Waals surface area contributed by atoms with E-state index in [-0.39, 0.29) is 11.2 Å². The highest BCUT2D eigenvalue weighted by atomic mass is 16.5. The molecule has 0 amide bonds. The van der Waals surface area contributed by atoms with Crippen LogP contribution in [0.15, 0.2) is 24.3 Å². The molecule has 18 heavy (non-hydrogen) atoms. The minimum Gasteiger partial charge on any atom is -0.497 e. The molecule has 0 spiro atoms. The maximum absolute atomic E-state index is 11.8. The second kappa shape index (κ2) is 5.71. The Morgan fingerprint density at radius 3 is 2.33 bits per heavy atom. The Kier molecular flexibility index (Phi) is 4.54. The summed E-state index contributed by atoms with van der Waals surface area (Å²) >= 11 is 0. The van der Waals surface area contributed by atoms with Crippen molar-refractivity contribution in [3.8, 4) is 11.5 Å². The lowest BCUT2D eigenvalue weighted by molar-refractivity contribution is -0.121. The first-order valence-electron chi connectivity index (χ1n) is 5.83. The van der Waals surface area contributed by atoms with E-state index in [1.807, 2.05) is 39.0 Å². The van der Waals surface area contributed by atoms with Gasteiger partial charge in [-0.05, 0) is 30.4 Å². The van der Waals surface area contributed by atoms with Crippen molar-refractivity contribution >= 4 is 11.9 Å². The van der Waals surface area contributed by atoms with E-state index in [0.29, 0.717) is 5.75 Å². The summed E-state index contributed by atoms with van der Waals surface area (Å²) in [4.78, 5) is 11.8. The predicted octanol–water partition coefficient (Wildman–Crippen LogP) is 3.33. The Hall–Kier alpha value is -1.77. The average molecular weight is 248 g/mol. The lowest BCUT2D eigenvalue weighted by Gasteiger charge is -2.13. The van der Waals surface area contributed by atoms with Gasteiger partial charge in [0.15, 0.2) is 5.78 Å². The van der Waals surface area contributed by atoms with Crippen molar-refractivity contribution < 1.29 is 14.3 Å². The predicted molar refractivity (Wildman–Crippen MR) is 73.0 cm³/mol. The number of ketones is 1. The summed E-state index contributed by atoms with van der Waals surface area (Å²) < 4.78 is 10.4. The number of benzene rings is 1. The smallest absolute Gasteiger partial charge is 0.161 e. The third-order valence-electron chi connectivity index (χ3n) is 2.59. The standard InChI is InChI=1S/C15H20O3/c1-15(2,3)14(16)9-6-11-10-12(17-4)7-8-13(11)18-5/h6-10H,1-5H3/b9-6+. The normalized spacial score (nSPS) is 11.6. The molecule has 0 radical (unpaired) electrons. The van der Waals surface area contributed by atoms with Crippen LogP contribution in [0.25, 0.3) is 6.08 Å². The van der Waals surface area contributed by atoms with Gasteiger partial charge in [0.25, 0.3) is 0 Å². The molecule has 0 aliphatic rings. The molecule has 0 saturated carbocycles. The molecule has 0 bridgehead atoms. The van der Waals surface area contributed by atoms with Crippen LogP contribution in [0.5, 0.6) is 11.5 Å². The van der Waals surface area contributed by atoms with E-state index in [9.17, 15) is 4.79 Å². The fourth-order valence-electron chi connectivity index (χ4n) is 1.39. The van der Waals surface area contributed by atoms with E-state index in [4.69, 9.17) is 9.47 Å². The van der Waals surface area contributed by atoms with Gasteiger partial charge in [-0.3, -0.25) is 4.79 Å². The Labute approximate surface area is 108 Å². The molecule has 0 fully saturated rings. The Balaban J connectivity index is 3.02. The summed E-state index contributed by atoms with van der Waals surface area (Å²) in [6, 6.07) is 5.48. The molecule has 0 aliphatic heterocycles. The van der Waals surface area contributed by atoms with Gasteiger partial charge in [0.1, 0.15) is 11.5 Å². The van der Waals surface area contributed by atoms with Crippen LogP contribution in [-0.4, -0.2) is 20.0 Å². The SMILES string of the molecule is COc1ccc(OC)c(/C=C/C(=O)C(C)(C)C)c1. The second-order valence-corrected chi connectivity index (χ2v) is 5.06. The van der Waals surface area contributed by atoms with Crippen LogP contribution in [0.1, 0.15) is 26.3 Å². The summed E-state index contributed by atoms with van der Waals surface area (Å²) in [5.41, 5.74) is 0.456. The summed E-state index contributed by atoms with van der Waals surface area (Å²) in [6.07, 6.45) is 3.34. The van der Waals surface area contributed by atoms with Gasteiger partial charge in [0.05, 0.1) is 14.2 Å². The molecule has 0 unspecified atom stereocenters. The molecular weight excluding hydrogens is 228 g/mol. The van der Waals surface area contributed by atoms with E-state index in [1.54, 1.807) is 26.4 Å². The number of hydrogen-bond acceptors (Lipinski definition) is 3. The first-order chi connectivity index (χ1) is 8.38. The Morgan fingerprint density at radius 2 is 1.83 bits per heavy atom. The minimum atomic E-state index is -0.372. The van der Waals surface area contributed by atoms with Gasteiger partial charge in [-0.1, -0.05) is 20.8 Å². The molecule has 98 valence electrons. The van der Waals surface area contributed by atoms with Gasteiger partial charge < -0.3 is 9.47 Å². The number of allylic oxidation sites excluding steroid dienone is 1. The zero-order valence-electron chi connectivity index (χ0n) is 11.6. The fraction of sp³-hybridized carbons (Fsp3) is 0.400. The van der Waals surface area contributed by atoms with E-state index in [0.717, 1.165) is 11.3 Å². The quantitative estimate of drug-likeness (QED) is 0.767. The van der Waals surface area contributed by atoms with Crippen LogP contribution >= 0.6 is 0 Å². The fourth-order valence-corrected chi connectivity index (χ4v) is 1.39. The minimum absolute atomic E-state index is 0.0763. The summed E-state index contributed by atoms with van der Waals surface area (Å²) in [7, 11) is 3.21. The van der Waals surface area contributed by atoms with Crippen molar-refractivity contribution in [2.24, 2.45) is 5.41 Å². The van der Waals surface area contributed by atoms with Crippen molar-refractivity contribution in [2.75, 3.05) is 14.2 Å². The molecule has 3 nitrogen and oxygen atoms in total. The van der Waals surface area contributed by atoms with Crippen molar-refractivity contribution in [1.29, 1.82) is 0 Å². The maximum atomic E-state index is 11.8. The molecule has 0 aromatic heterocycles. The topological polar surface area (TPSA) is 35.5 Å². The molecule has 3 heteroatoms. The van der Waals surface area contributed by atoms with Crippen LogP contribution < -0.4 is 9.47 Å². The van der Waals surface area contributed by atoms with Gasteiger partial charge in [-0.25, -0.2) is 0 Å². The van der Waals surface area contributed by atoms with E-state index < -0.39 is 0 Å². The first kappa shape index (κ1) is 14.3. The second-order valence-electron chi connectivity index (χ2n) is 5.06. The molecule has 0 heterocycles. The van der Waals surface area contributed by atoms with Crippen molar-refractivity contribution in [2.45, 2.75) is 20.8 Å². The highest BCUT2D eigenvalue weighted by Crippen LogP contribution is 2.25. The summed E-state index contributed by atoms with van der Waals surface area (Å²) in [6.45, 7) is 5.67. The zero-order valence-corrected chi connectivity index (χ0v) is 11.6. The van der Waals surface area contributed by atoms with Crippen LogP contribution in [0.2, 0.25) is 0 Å². The van der Waals surface area contributed by atoms with Gasteiger partial charge >= 0.3 is 0 Å². The average Bonchev–Trinajstić information content (AvgIpc) is 2.34. The summed E-state index contributed by atoms with van der Waals surface area (Å²) in [5, 5.41) is 0. The molecule has 0 N–H and O–H groups in total. The largest absolute Gasteiger partial charge is 0.497 e. The van der Waals surface area contributed by atoms with Crippen LogP contribution in [0, 0.1) is 5.41 Å². The molecule has 1 rings (SSSR count). The van der Waals surface area contributed by atoms with E-state index in [2.05, 4.69) is 0 Å². The number of rotatable bonds is 4. The molecule has 0 atom stereocenters. The van der Waals surface area contributed by atoms with E-state index >= 15 is 0 Å². The zero-order chi connectivity index (χ0) is 13.8. The van der Waals surface area contributed by atoms with Crippen LogP contribution in [0.3, 0.4) is 0 Å². The van der Waals surface area contributed by atoms with Gasteiger partial charge in [-0.15, -0.1) is 0 Å². The molecular formula is C15H20O3. The molecule has 0 aliphatic carbocycles. The first-order valence-corrected chi connectivity index (χ1v) is 5.83. The third kappa shape index (κ3) is 3.62. The highest BCUT2D eigenvalue weighted by molar-refractivity contribution is 5.97. The lowest BCUT2D eigenvalue weighted by Crippen LogP contribution is -2.17. The maximum Gasteiger partial charge on any atom is 0.161 e. The number of methoxy groups -OCH3 is 2. The van der Waals surface area contributed by atoms with Gasteiger partial charge in [-0.2, -0.15) is 0 Å². The van der Waals surface area contributed by atoms with Crippen LogP contribution in [-0.2, 0) is 4.79 Å². The summed E-state index contributed by atoms with van der Waals surface area (Å²) in [5.74, 6) is 1.53. The van der Waals surface area contributed by atoms with Crippen molar-refractivity contribution in [3.63, 3.8) is 0 Å². The van der Waals surface area contributed by atoms with Crippen molar-refractivity contribution in [1.82, 2.24) is 0 Å². The van der Waals surface area contributed by atoms with Gasteiger partial charge in [0.2, 0.25) is 0 Å². The van der Waals surface area contributed by atoms with Gasteiger partial charge in [0, 0.05) is 11.0 Å². The third-order valence-corrected chi connectivity index (χ3v) is 2.59. The molecule has 1 aromatic carbocycles. The monoisotopic (exact) mass is 248 g/mol. The highest BCUT2D eigenvalue weighted by Gasteiger charge is 2.18.